The Morgan fingerprint density at radius 2 is 1.80 bits per heavy atom. The predicted octanol–water partition coefficient (Wildman–Crippen LogP) is 6.68. The van der Waals surface area contributed by atoms with Crippen molar-refractivity contribution in [3.05, 3.63) is 95.6 Å². The molecule has 0 saturated heterocycles. The highest BCUT2D eigenvalue weighted by molar-refractivity contribution is 7.99. The molecule has 0 atom stereocenters. The molecular weight excluding hydrogens is 532 g/mol. The fraction of sp³-hybridized carbons (Fsp3) is 0.258. The third-order valence-corrected chi connectivity index (χ3v) is 7.61. The topological polar surface area (TPSA) is 113 Å². The van der Waals surface area contributed by atoms with Gasteiger partial charge in [-0.15, -0.1) is 10.2 Å². The Hall–Kier alpha value is -4.62. The summed E-state index contributed by atoms with van der Waals surface area (Å²) < 4.78 is 3.72. The van der Waals surface area contributed by atoms with E-state index in [1.165, 1.54) is 0 Å². The number of amides is 2. The fourth-order valence-electron chi connectivity index (χ4n) is 4.27. The monoisotopic (exact) mass is 564 g/mol. The van der Waals surface area contributed by atoms with E-state index in [1.807, 2.05) is 52.9 Å². The Balaban J connectivity index is 1.32. The van der Waals surface area contributed by atoms with Gasteiger partial charge in [-0.1, -0.05) is 64.6 Å². The van der Waals surface area contributed by atoms with Gasteiger partial charge in [-0.25, -0.2) is 9.48 Å². The summed E-state index contributed by atoms with van der Waals surface area (Å²) in [5, 5.41) is 28.5. The first-order valence-electron chi connectivity index (χ1n) is 13.4. The number of rotatable bonds is 7. The molecule has 0 unspecified atom stereocenters. The van der Waals surface area contributed by atoms with Crippen LogP contribution in [-0.2, 0) is 12.0 Å². The van der Waals surface area contributed by atoms with Crippen molar-refractivity contribution < 1.29 is 4.79 Å². The molecule has 0 radical (unpaired) electrons. The van der Waals surface area contributed by atoms with Gasteiger partial charge < -0.3 is 5.32 Å². The van der Waals surface area contributed by atoms with Gasteiger partial charge in [0.15, 0.2) is 5.65 Å². The smallest absolute Gasteiger partial charge is 0.320 e. The number of nitrogens with one attached hydrogen (secondary N) is 2. The largest absolute Gasteiger partial charge is 0.334 e. The zero-order valence-corrected chi connectivity index (χ0v) is 24.5. The molecule has 208 valence electrons. The van der Waals surface area contributed by atoms with Crippen LogP contribution in [0, 0.1) is 11.3 Å². The van der Waals surface area contributed by atoms with Crippen LogP contribution < -0.4 is 10.6 Å². The third-order valence-electron chi connectivity index (χ3n) is 6.52. The van der Waals surface area contributed by atoms with Gasteiger partial charge in [0, 0.05) is 39.9 Å². The number of pyridine rings is 1. The van der Waals surface area contributed by atoms with E-state index < -0.39 is 0 Å². The lowest BCUT2D eigenvalue weighted by atomic mass is 9.92. The minimum Gasteiger partial charge on any atom is -0.334 e. The molecule has 2 N–H and O–H groups in total. The van der Waals surface area contributed by atoms with Gasteiger partial charge in [-0.2, -0.15) is 10.4 Å². The van der Waals surface area contributed by atoms with E-state index in [9.17, 15) is 4.79 Å². The van der Waals surface area contributed by atoms with E-state index in [1.54, 1.807) is 28.6 Å². The molecule has 0 bridgehead atoms. The van der Waals surface area contributed by atoms with Gasteiger partial charge in [0.2, 0.25) is 0 Å². The van der Waals surface area contributed by atoms with Crippen LogP contribution in [0.25, 0.3) is 11.3 Å². The number of anilines is 1. The number of urea groups is 1. The number of carbonyl (C=O) groups excluding carboxylic acids is 1. The lowest BCUT2D eigenvalue weighted by molar-refractivity contribution is 0.251. The second kappa shape index (κ2) is 11.5. The van der Waals surface area contributed by atoms with Crippen molar-refractivity contribution in [2.24, 2.45) is 0 Å². The van der Waals surface area contributed by atoms with E-state index in [0.29, 0.717) is 17.9 Å². The van der Waals surface area contributed by atoms with E-state index in [-0.39, 0.29) is 17.4 Å². The highest BCUT2D eigenvalue weighted by atomic mass is 32.2. The van der Waals surface area contributed by atoms with Crippen molar-refractivity contribution in [1.29, 1.82) is 5.26 Å². The summed E-state index contributed by atoms with van der Waals surface area (Å²) in [5.74, 6) is 1.72. The summed E-state index contributed by atoms with van der Waals surface area (Å²) in [5.41, 5.74) is 3.75. The average molecular weight is 565 g/mol. The number of nitrogens with zero attached hydrogens (tertiary/aromatic N) is 6. The molecule has 0 spiro atoms. The van der Waals surface area contributed by atoms with Crippen LogP contribution in [0.5, 0.6) is 0 Å². The molecule has 0 saturated carbocycles. The van der Waals surface area contributed by atoms with E-state index >= 15 is 0 Å². The minimum absolute atomic E-state index is 0.216. The molecule has 0 fully saturated rings. The zero-order chi connectivity index (χ0) is 29.1. The van der Waals surface area contributed by atoms with Crippen LogP contribution in [0.3, 0.4) is 0 Å². The molecule has 5 aromatic rings. The lowest BCUT2D eigenvalue weighted by Gasteiger charge is -2.14. The van der Waals surface area contributed by atoms with Crippen molar-refractivity contribution in [2.75, 3.05) is 5.32 Å². The molecule has 0 aliphatic heterocycles. The third kappa shape index (κ3) is 6.26. The quantitative estimate of drug-likeness (QED) is 0.228. The summed E-state index contributed by atoms with van der Waals surface area (Å²) in [7, 11) is 0. The number of hydrogen-bond acceptors (Lipinski definition) is 6. The van der Waals surface area contributed by atoms with Gasteiger partial charge in [-0.05, 0) is 48.0 Å². The Labute approximate surface area is 243 Å². The SMILES string of the molecule is CC(C)c1nnc2ccc(Sc3ccccc3CNC(=O)Nc3cc(C(C)(C)C)nn3-c3ccc(C#N)cc3)cn12. The second-order valence-corrected chi connectivity index (χ2v) is 12.2. The summed E-state index contributed by atoms with van der Waals surface area (Å²) in [6.07, 6.45) is 2.06. The zero-order valence-electron chi connectivity index (χ0n) is 23.7. The lowest BCUT2D eigenvalue weighted by Crippen LogP contribution is -2.29. The first kappa shape index (κ1) is 27.9. The molecule has 3 heterocycles. The molecule has 10 heteroatoms. The number of aromatic nitrogens is 5. The molecule has 41 heavy (non-hydrogen) atoms. The van der Waals surface area contributed by atoms with Crippen molar-refractivity contribution >= 4 is 29.3 Å². The van der Waals surface area contributed by atoms with Crippen molar-refractivity contribution in [3.63, 3.8) is 0 Å². The second-order valence-electron chi connectivity index (χ2n) is 11.1. The first-order chi connectivity index (χ1) is 19.6. The first-order valence-corrected chi connectivity index (χ1v) is 14.2. The standard InChI is InChI=1S/C31H32N8OS/c1-20(2)29-36-35-27-15-14-24(19-38(27)29)41-25-9-7-6-8-22(25)18-33-30(40)34-28-16-26(31(3,4)5)37-39(28)23-12-10-21(17-32)11-13-23/h6-16,19-20H,18H2,1-5H3,(H2,33,34,40). The van der Waals surface area contributed by atoms with Crippen LogP contribution in [0.1, 0.15) is 63.2 Å². The van der Waals surface area contributed by atoms with Crippen molar-refractivity contribution in [2.45, 2.75) is 62.3 Å². The van der Waals surface area contributed by atoms with Gasteiger partial charge in [0.1, 0.15) is 11.6 Å². The maximum Gasteiger partial charge on any atom is 0.320 e. The summed E-state index contributed by atoms with van der Waals surface area (Å²) >= 11 is 1.63. The number of benzene rings is 2. The summed E-state index contributed by atoms with van der Waals surface area (Å²) in [6, 6.07) is 22.8. The molecular formula is C31H32N8OS. The number of carbonyl (C=O) groups is 1. The number of hydrogen-bond donors (Lipinski definition) is 2. The average Bonchev–Trinajstić information content (AvgIpc) is 3.57. The Kier molecular flexibility index (Phi) is 7.81. The molecule has 5 rings (SSSR count). The highest BCUT2D eigenvalue weighted by Crippen LogP contribution is 2.31. The summed E-state index contributed by atoms with van der Waals surface area (Å²) in [4.78, 5) is 15.2. The molecule has 0 aliphatic rings. The van der Waals surface area contributed by atoms with E-state index in [2.05, 4.69) is 73.8 Å². The van der Waals surface area contributed by atoms with E-state index in [4.69, 9.17) is 10.4 Å². The predicted molar refractivity (Wildman–Crippen MR) is 160 cm³/mol. The van der Waals surface area contributed by atoms with Crippen molar-refractivity contribution in [1.82, 2.24) is 29.7 Å². The molecule has 0 aliphatic carbocycles. The molecule has 2 amide bonds. The van der Waals surface area contributed by atoms with Crippen LogP contribution in [-0.4, -0.2) is 30.4 Å². The fourth-order valence-corrected chi connectivity index (χ4v) is 5.23. The maximum absolute atomic E-state index is 13.1. The van der Waals surface area contributed by atoms with Gasteiger partial charge in [0.05, 0.1) is 23.0 Å². The Morgan fingerprint density at radius 3 is 2.51 bits per heavy atom. The van der Waals surface area contributed by atoms with Gasteiger partial charge in [-0.3, -0.25) is 9.72 Å². The highest BCUT2D eigenvalue weighted by Gasteiger charge is 2.22. The normalized spacial score (nSPS) is 11.5. The number of fused-ring (bicyclic) bond motifs is 1. The molecule has 9 nitrogen and oxygen atoms in total. The van der Waals surface area contributed by atoms with Crippen LogP contribution >= 0.6 is 11.8 Å². The van der Waals surface area contributed by atoms with Crippen molar-refractivity contribution in [3.8, 4) is 11.8 Å². The van der Waals surface area contributed by atoms with Gasteiger partial charge >= 0.3 is 6.03 Å². The Bertz CT molecular complexity index is 1740. The maximum atomic E-state index is 13.1. The molecule has 3 aromatic heterocycles. The number of nitriles is 1. The molecule has 2 aromatic carbocycles. The van der Waals surface area contributed by atoms with Crippen LogP contribution in [0.15, 0.2) is 82.7 Å². The minimum atomic E-state index is -0.340. The summed E-state index contributed by atoms with van der Waals surface area (Å²) in [6.45, 7) is 10.8. The van der Waals surface area contributed by atoms with Gasteiger partial charge in [0.25, 0.3) is 0 Å². The van der Waals surface area contributed by atoms with E-state index in [0.717, 1.165) is 38.2 Å². The van der Waals surface area contributed by atoms with Crippen LogP contribution in [0.4, 0.5) is 10.6 Å². The van der Waals surface area contributed by atoms with Crippen LogP contribution in [0.2, 0.25) is 0 Å². The Morgan fingerprint density at radius 1 is 1.05 bits per heavy atom.